The maximum absolute atomic E-state index is 12.5. The van der Waals surface area contributed by atoms with E-state index in [1.807, 2.05) is 37.4 Å². The van der Waals surface area contributed by atoms with Crippen molar-refractivity contribution >= 4 is 45.3 Å². The number of fused-ring (bicyclic) bond motifs is 1. The predicted octanol–water partition coefficient (Wildman–Crippen LogP) is 4.07. The smallest absolute Gasteiger partial charge is 0.267 e. The van der Waals surface area contributed by atoms with E-state index >= 15 is 0 Å². The molecule has 0 spiro atoms. The Balaban J connectivity index is 1.35. The summed E-state index contributed by atoms with van der Waals surface area (Å²) in [5, 5.41) is 8.37. The Bertz CT molecular complexity index is 1020. The fourth-order valence-corrected chi connectivity index (χ4v) is 5.12. The summed E-state index contributed by atoms with van der Waals surface area (Å²) in [6.45, 7) is 5.82. The summed E-state index contributed by atoms with van der Waals surface area (Å²) in [4.78, 5) is 33.2. The lowest BCUT2D eigenvalue weighted by Gasteiger charge is -2.25. The standard InChI is InChI=1S/C21H22N4O2S2/c1-13-8-14(2)10-15(9-13)22-19(26)12-25-6-5-16-18(11-25)29-21(23-16)24-20(27)17-4-3-7-28-17/h3-4,7-10H,5-6,11-12H2,1-2H3,(H,22,26)(H,23,24,27). The molecule has 1 aliphatic rings. The lowest BCUT2D eigenvalue weighted by molar-refractivity contribution is -0.117. The number of aromatic nitrogens is 1. The minimum absolute atomic E-state index is 0.0193. The van der Waals surface area contributed by atoms with Gasteiger partial charge >= 0.3 is 0 Å². The number of benzene rings is 1. The number of aryl methyl sites for hydroxylation is 2. The molecule has 2 amide bonds. The van der Waals surface area contributed by atoms with Gasteiger partial charge < -0.3 is 5.32 Å². The highest BCUT2D eigenvalue weighted by molar-refractivity contribution is 7.16. The number of carbonyl (C=O) groups is 2. The van der Waals surface area contributed by atoms with Crippen LogP contribution < -0.4 is 10.6 Å². The van der Waals surface area contributed by atoms with Crippen LogP contribution in [0.3, 0.4) is 0 Å². The number of hydrogen-bond acceptors (Lipinski definition) is 6. The first-order valence-electron chi connectivity index (χ1n) is 9.40. The van der Waals surface area contributed by atoms with Gasteiger partial charge in [0.05, 0.1) is 17.1 Å². The van der Waals surface area contributed by atoms with Crippen LogP contribution in [-0.2, 0) is 17.8 Å². The average Bonchev–Trinajstić information content (AvgIpc) is 3.29. The van der Waals surface area contributed by atoms with Crippen molar-refractivity contribution in [2.24, 2.45) is 0 Å². The van der Waals surface area contributed by atoms with Gasteiger partial charge in [0.2, 0.25) is 5.91 Å². The molecule has 150 valence electrons. The van der Waals surface area contributed by atoms with Crippen LogP contribution in [0.4, 0.5) is 10.8 Å². The van der Waals surface area contributed by atoms with Gasteiger partial charge in [-0.15, -0.1) is 22.7 Å². The summed E-state index contributed by atoms with van der Waals surface area (Å²) in [6.07, 6.45) is 0.775. The summed E-state index contributed by atoms with van der Waals surface area (Å²) in [5.74, 6) is -0.148. The Morgan fingerprint density at radius 1 is 1.17 bits per heavy atom. The molecule has 0 saturated heterocycles. The molecule has 2 aromatic heterocycles. The average molecular weight is 427 g/mol. The van der Waals surface area contributed by atoms with Crippen LogP contribution in [0.2, 0.25) is 0 Å². The Morgan fingerprint density at radius 3 is 2.69 bits per heavy atom. The highest BCUT2D eigenvalue weighted by Gasteiger charge is 2.23. The van der Waals surface area contributed by atoms with E-state index in [2.05, 4.69) is 26.6 Å². The number of nitrogens with one attached hydrogen (secondary N) is 2. The van der Waals surface area contributed by atoms with Crippen LogP contribution in [0.25, 0.3) is 0 Å². The number of carbonyl (C=O) groups excluding carboxylic acids is 2. The third kappa shape index (κ3) is 4.90. The van der Waals surface area contributed by atoms with Crippen LogP contribution in [0, 0.1) is 13.8 Å². The van der Waals surface area contributed by atoms with E-state index in [-0.39, 0.29) is 11.8 Å². The highest BCUT2D eigenvalue weighted by Crippen LogP contribution is 2.29. The number of rotatable bonds is 5. The molecule has 3 heterocycles. The molecule has 0 radical (unpaired) electrons. The molecule has 29 heavy (non-hydrogen) atoms. The minimum atomic E-state index is -0.129. The topological polar surface area (TPSA) is 74.3 Å². The molecule has 1 aliphatic heterocycles. The largest absolute Gasteiger partial charge is 0.325 e. The first-order valence-corrected chi connectivity index (χ1v) is 11.1. The van der Waals surface area contributed by atoms with Crippen molar-refractivity contribution in [1.29, 1.82) is 0 Å². The molecule has 3 aromatic rings. The zero-order chi connectivity index (χ0) is 20.4. The van der Waals surface area contributed by atoms with E-state index in [1.165, 1.54) is 22.7 Å². The third-order valence-electron chi connectivity index (χ3n) is 4.65. The SMILES string of the molecule is Cc1cc(C)cc(NC(=O)CN2CCc3nc(NC(=O)c4cccs4)sc3C2)c1. The van der Waals surface area contributed by atoms with E-state index in [1.54, 1.807) is 6.07 Å². The van der Waals surface area contributed by atoms with Gasteiger partial charge in [0, 0.05) is 30.1 Å². The number of amides is 2. The Kier molecular flexibility index (Phi) is 5.75. The van der Waals surface area contributed by atoms with Gasteiger partial charge in [0.25, 0.3) is 5.91 Å². The number of thiazole rings is 1. The number of thiophene rings is 1. The van der Waals surface area contributed by atoms with Crippen LogP contribution in [0.1, 0.15) is 31.4 Å². The molecule has 0 atom stereocenters. The molecular weight excluding hydrogens is 404 g/mol. The fourth-order valence-electron chi connectivity index (χ4n) is 3.45. The van der Waals surface area contributed by atoms with Crippen LogP contribution in [-0.4, -0.2) is 34.8 Å². The second kappa shape index (κ2) is 8.44. The van der Waals surface area contributed by atoms with E-state index in [0.717, 1.165) is 40.4 Å². The molecule has 0 aliphatic carbocycles. The molecule has 8 heteroatoms. The van der Waals surface area contributed by atoms with Crippen LogP contribution in [0.15, 0.2) is 35.7 Å². The summed E-state index contributed by atoms with van der Waals surface area (Å²) in [6, 6.07) is 9.69. The van der Waals surface area contributed by atoms with E-state index in [4.69, 9.17) is 0 Å². The Hall–Kier alpha value is -2.55. The normalized spacial score (nSPS) is 13.7. The van der Waals surface area contributed by atoms with E-state index in [9.17, 15) is 9.59 Å². The van der Waals surface area contributed by atoms with Crippen LogP contribution >= 0.6 is 22.7 Å². The van der Waals surface area contributed by atoms with Crippen molar-refractivity contribution in [3.63, 3.8) is 0 Å². The zero-order valence-corrected chi connectivity index (χ0v) is 18.0. The Labute approximate surface area is 177 Å². The lowest BCUT2D eigenvalue weighted by atomic mass is 10.1. The molecule has 1 aromatic carbocycles. The molecule has 2 N–H and O–H groups in total. The molecule has 0 saturated carbocycles. The van der Waals surface area contributed by atoms with Crippen molar-refractivity contribution in [3.05, 3.63) is 62.3 Å². The highest BCUT2D eigenvalue weighted by atomic mass is 32.1. The molecule has 6 nitrogen and oxygen atoms in total. The van der Waals surface area contributed by atoms with Gasteiger partial charge in [-0.1, -0.05) is 12.1 Å². The first kappa shape index (κ1) is 19.8. The molecular formula is C21H22N4O2S2. The van der Waals surface area contributed by atoms with Gasteiger partial charge in [-0.05, 0) is 48.6 Å². The molecule has 0 bridgehead atoms. The quantitative estimate of drug-likeness (QED) is 0.645. The summed E-state index contributed by atoms with van der Waals surface area (Å²) >= 11 is 2.89. The maximum Gasteiger partial charge on any atom is 0.267 e. The van der Waals surface area contributed by atoms with Gasteiger partial charge in [0.15, 0.2) is 5.13 Å². The number of nitrogens with zero attached hydrogens (tertiary/aromatic N) is 2. The predicted molar refractivity (Wildman–Crippen MR) is 118 cm³/mol. The number of hydrogen-bond donors (Lipinski definition) is 2. The summed E-state index contributed by atoms with van der Waals surface area (Å²) in [5.41, 5.74) is 4.11. The zero-order valence-electron chi connectivity index (χ0n) is 16.3. The Morgan fingerprint density at radius 2 is 1.97 bits per heavy atom. The maximum atomic E-state index is 12.5. The van der Waals surface area contributed by atoms with Gasteiger partial charge in [-0.3, -0.25) is 19.8 Å². The van der Waals surface area contributed by atoms with Gasteiger partial charge in [0.1, 0.15) is 0 Å². The molecule has 4 rings (SSSR count). The van der Waals surface area contributed by atoms with Crippen molar-refractivity contribution < 1.29 is 9.59 Å². The molecule has 0 unspecified atom stereocenters. The minimum Gasteiger partial charge on any atom is -0.325 e. The lowest BCUT2D eigenvalue weighted by Crippen LogP contribution is -2.36. The fraction of sp³-hybridized carbons (Fsp3) is 0.286. The molecule has 0 fully saturated rings. The van der Waals surface area contributed by atoms with E-state index < -0.39 is 0 Å². The first-order chi connectivity index (χ1) is 14.0. The second-order valence-electron chi connectivity index (χ2n) is 7.21. The van der Waals surface area contributed by atoms with Crippen molar-refractivity contribution in [2.45, 2.75) is 26.8 Å². The number of anilines is 2. The van der Waals surface area contributed by atoms with Gasteiger partial charge in [-0.25, -0.2) is 4.98 Å². The summed E-state index contributed by atoms with van der Waals surface area (Å²) < 4.78 is 0. The van der Waals surface area contributed by atoms with E-state index in [0.29, 0.717) is 23.1 Å². The monoisotopic (exact) mass is 426 g/mol. The van der Waals surface area contributed by atoms with Crippen LogP contribution in [0.5, 0.6) is 0 Å². The second-order valence-corrected chi connectivity index (χ2v) is 9.24. The summed E-state index contributed by atoms with van der Waals surface area (Å²) in [7, 11) is 0. The third-order valence-corrected chi connectivity index (χ3v) is 6.51. The van der Waals surface area contributed by atoms with Crippen molar-refractivity contribution in [3.8, 4) is 0 Å². The van der Waals surface area contributed by atoms with Crippen molar-refractivity contribution in [2.75, 3.05) is 23.7 Å². The van der Waals surface area contributed by atoms with Crippen molar-refractivity contribution in [1.82, 2.24) is 9.88 Å². The van der Waals surface area contributed by atoms with Gasteiger partial charge in [-0.2, -0.15) is 0 Å².